The second-order valence-electron chi connectivity index (χ2n) is 6.33. The number of hydrogen-bond donors (Lipinski definition) is 1. The Morgan fingerprint density at radius 1 is 1.29 bits per heavy atom. The van der Waals surface area contributed by atoms with Crippen molar-refractivity contribution in [3.05, 3.63) is 18.0 Å². The Morgan fingerprint density at radius 2 is 2.08 bits per heavy atom. The maximum absolute atomic E-state index is 12.9. The normalized spacial score (nSPS) is 22.8. The van der Waals surface area contributed by atoms with Crippen molar-refractivity contribution in [1.29, 1.82) is 0 Å². The van der Waals surface area contributed by atoms with Gasteiger partial charge in [0.2, 0.25) is 10.0 Å². The number of pyridine rings is 1. The molecule has 2 aromatic heterocycles. The van der Waals surface area contributed by atoms with E-state index in [0.717, 1.165) is 22.8 Å². The maximum atomic E-state index is 12.9. The minimum Gasteiger partial charge on any atom is -0.480 e. The van der Waals surface area contributed by atoms with Gasteiger partial charge in [-0.25, -0.2) is 13.4 Å². The first-order valence-electron chi connectivity index (χ1n) is 7.98. The molecule has 0 bridgehead atoms. The Balaban J connectivity index is 1.77. The van der Waals surface area contributed by atoms with Gasteiger partial charge in [0.05, 0.1) is 17.3 Å². The van der Waals surface area contributed by atoms with Crippen molar-refractivity contribution in [2.24, 2.45) is 0 Å². The molecule has 1 aliphatic heterocycles. The van der Waals surface area contributed by atoms with Crippen LogP contribution < -0.4 is 0 Å². The number of sulfonamides is 1. The molecule has 24 heavy (non-hydrogen) atoms. The van der Waals surface area contributed by atoms with E-state index in [0.29, 0.717) is 36.3 Å². The number of carboxylic acid groups (broad SMARTS) is 1. The molecule has 9 heteroatoms. The highest BCUT2D eigenvalue weighted by atomic mass is 32.2. The minimum absolute atomic E-state index is 0.00625. The average molecular weight is 351 g/mol. The molecule has 3 heterocycles. The second kappa shape index (κ2) is 5.52. The van der Waals surface area contributed by atoms with Crippen LogP contribution in [0.2, 0.25) is 0 Å². The molecule has 1 saturated carbocycles. The monoisotopic (exact) mass is 351 g/mol. The van der Waals surface area contributed by atoms with E-state index in [1.807, 2.05) is 0 Å². The van der Waals surface area contributed by atoms with E-state index >= 15 is 0 Å². The summed E-state index contributed by atoms with van der Waals surface area (Å²) in [6, 6.07) is 0.486. The lowest BCUT2D eigenvalue weighted by atomic mass is 10.1. The van der Waals surface area contributed by atoms with E-state index < -0.39 is 22.0 Å². The van der Waals surface area contributed by atoms with Gasteiger partial charge < -0.3 is 9.63 Å². The summed E-state index contributed by atoms with van der Waals surface area (Å²) in [6.07, 6.45) is 4.91. The molecule has 2 aliphatic rings. The first-order valence-corrected chi connectivity index (χ1v) is 9.42. The van der Waals surface area contributed by atoms with E-state index in [4.69, 9.17) is 4.52 Å². The summed E-state index contributed by atoms with van der Waals surface area (Å²) in [4.78, 5) is 15.5. The molecule has 128 valence electrons. The summed E-state index contributed by atoms with van der Waals surface area (Å²) in [5.41, 5.74) is 1.05. The summed E-state index contributed by atoms with van der Waals surface area (Å²) in [7, 11) is -3.93. The zero-order valence-electron chi connectivity index (χ0n) is 12.9. The van der Waals surface area contributed by atoms with Crippen LogP contribution in [0.3, 0.4) is 0 Å². The van der Waals surface area contributed by atoms with Gasteiger partial charge in [-0.15, -0.1) is 0 Å². The van der Waals surface area contributed by atoms with Crippen molar-refractivity contribution >= 4 is 27.1 Å². The number of rotatable bonds is 4. The van der Waals surface area contributed by atoms with Gasteiger partial charge in [-0.2, -0.15) is 4.31 Å². The Bertz CT molecular complexity index is 903. The molecule has 1 unspecified atom stereocenters. The van der Waals surface area contributed by atoms with Crippen molar-refractivity contribution in [2.75, 3.05) is 6.54 Å². The lowest BCUT2D eigenvalue weighted by molar-refractivity contribution is -0.142. The van der Waals surface area contributed by atoms with Crippen molar-refractivity contribution in [2.45, 2.75) is 49.0 Å². The molecule has 2 fully saturated rings. The molecule has 1 atom stereocenters. The van der Waals surface area contributed by atoms with Crippen LogP contribution in [0, 0.1) is 0 Å². The fourth-order valence-corrected chi connectivity index (χ4v) is 4.82. The smallest absolute Gasteiger partial charge is 0.322 e. The van der Waals surface area contributed by atoms with Crippen LogP contribution in [-0.2, 0) is 14.8 Å². The van der Waals surface area contributed by atoms with Gasteiger partial charge in [-0.1, -0.05) is 5.16 Å². The molecular weight excluding hydrogens is 334 g/mol. The molecule has 8 nitrogen and oxygen atoms in total. The molecule has 1 aliphatic carbocycles. The topological polar surface area (TPSA) is 114 Å². The number of piperidine rings is 1. The summed E-state index contributed by atoms with van der Waals surface area (Å²) < 4.78 is 32.1. The molecule has 4 rings (SSSR count). The first-order chi connectivity index (χ1) is 11.5. The van der Waals surface area contributed by atoms with Gasteiger partial charge in [-0.05, 0) is 38.2 Å². The summed E-state index contributed by atoms with van der Waals surface area (Å²) in [5, 5.41) is 13.9. The largest absolute Gasteiger partial charge is 0.480 e. The fraction of sp³-hybridized carbons (Fsp3) is 0.533. The van der Waals surface area contributed by atoms with Gasteiger partial charge in [0.25, 0.3) is 5.71 Å². The van der Waals surface area contributed by atoms with E-state index in [9.17, 15) is 18.3 Å². The van der Waals surface area contributed by atoms with Gasteiger partial charge >= 0.3 is 5.97 Å². The van der Waals surface area contributed by atoms with Crippen LogP contribution >= 0.6 is 0 Å². The van der Waals surface area contributed by atoms with E-state index in [1.54, 1.807) is 0 Å². The van der Waals surface area contributed by atoms with Crippen molar-refractivity contribution < 1.29 is 22.8 Å². The molecule has 0 radical (unpaired) electrons. The molecule has 1 N–H and O–H groups in total. The predicted molar refractivity (Wildman–Crippen MR) is 82.9 cm³/mol. The van der Waals surface area contributed by atoms with E-state index in [-0.39, 0.29) is 11.4 Å². The van der Waals surface area contributed by atoms with Crippen molar-refractivity contribution in [3.63, 3.8) is 0 Å². The lowest BCUT2D eigenvalue weighted by Gasteiger charge is -2.31. The third-order valence-corrected chi connectivity index (χ3v) is 6.52. The number of carboxylic acids is 1. The number of aliphatic carboxylic acids is 1. The highest BCUT2D eigenvalue weighted by Crippen LogP contribution is 2.42. The Morgan fingerprint density at radius 3 is 2.79 bits per heavy atom. The molecular formula is C15H17N3O5S. The number of aromatic nitrogens is 2. The first kappa shape index (κ1) is 15.5. The Labute approximate surface area is 138 Å². The predicted octanol–water partition coefficient (Wildman–Crippen LogP) is 1.73. The van der Waals surface area contributed by atoms with Crippen LogP contribution in [0.1, 0.15) is 43.7 Å². The Hall–Kier alpha value is -2.00. The summed E-state index contributed by atoms with van der Waals surface area (Å²) in [5.74, 6) is -0.816. The quantitative estimate of drug-likeness (QED) is 0.892. The second-order valence-corrected chi connectivity index (χ2v) is 8.22. The van der Waals surface area contributed by atoms with Crippen LogP contribution in [0.15, 0.2) is 21.7 Å². The molecule has 2 aromatic rings. The van der Waals surface area contributed by atoms with Crippen LogP contribution in [0.5, 0.6) is 0 Å². The molecule has 0 aromatic carbocycles. The number of hydrogen-bond acceptors (Lipinski definition) is 6. The number of fused-ring (bicyclic) bond motifs is 1. The lowest BCUT2D eigenvalue weighted by Crippen LogP contribution is -2.47. The molecule has 1 saturated heterocycles. The number of carbonyl (C=O) groups is 1. The van der Waals surface area contributed by atoms with Crippen LogP contribution in [-0.4, -0.2) is 46.5 Å². The SMILES string of the molecule is O=C(O)C1CCCCN1S(=O)(=O)c1cnc2onc(C3CC3)c2c1. The minimum atomic E-state index is -3.93. The highest BCUT2D eigenvalue weighted by Gasteiger charge is 2.38. The van der Waals surface area contributed by atoms with Crippen molar-refractivity contribution in [3.8, 4) is 0 Å². The van der Waals surface area contributed by atoms with Gasteiger partial charge in [0, 0.05) is 12.5 Å². The van der Waals surface area contributed by atoms with E-state index in [2.05, 4.69) is 10.1 Å². The van der Waals surface area contributed by atoms with Crippen LogP contribution in [0.25, 0.3) is 11.1 Å². The highest BCUT2D eigenvalue weighted by molar-refractivity contribution is 7.89. The zero-order chi connectivity index (χ0) is 16.9. The molecule has 0 spiro atoms. The third kappa shape index (κ3) is 2.48. The van der Waals surface area contributed by atoms with Gasteiger partial charge in [-0.3, -0.25) is 4.79 Å². The average Bonchev–Trinajstić information content (AvgIpc) is 3.33. The zero-order valence-corrected chi connectivity index (χ0v) is 13.7. The third-order valence-electron chi connectivity index (χ3n) is 4.64. The summed E-state index contributed by atoms with van der Waals surface area (Å²) in [6.45, 7) is 0.205. The van der Waals surface area contributed by atoms with Gasteiger partial charge in [0.1, 0.15) is 10.9 Å². The van der Waals surface area contributed by atoms with Crippen LogP contribution in [0.4, 0.5) is 0 Å². The van der Waals surface area contributed by atoms with E-state index in [1.165, 1.54) is 12.3 Å². The van der Waals surface area contributed by atoms with Crippen molar-refractivity contribution in [1.82, 2.24) is 14.4 Å². The number of nitrogens with zero attached hydrogens (tertiary/aromatic N) is 3. The standard InChI is InChI=1S/C15H17N3O5S/c19-15(20)12-3-1-2-6-18(12)24(21,22)10-7-11-13(9-4-5-9)17-23-14(11)16-8-10/h7-9,12H,1-6H2,(H,19,20). The maximum Gasteiger partial charge on any atom is 0.322 e. The Kier molecular flexibility index (Phi) is 3.57. The fourth-order valence-electron chi connectivity index (χ4n) is 3.20. The summed E-state index contributed by atoms with van der Waals surface area (Å²) >= 11 is 0. The molecule has 0 amide bonds. The van der Waals surface area contributed by atoms with Gasteiger partial charge in [0.15, 0.2) is 0 Å².